The van der Waals surface area contributed by atoms with E-state index < -0.39 is 0 Å². The molecule has 0 radical (unpaired) electrons. The van der Waals surface area contributed by atoms with E-state index in [1.54, 1.807) is 0 Å². The van der Waals surface area contributed by atoms with Crippen molar-refractivity contribution in [3.63, 3.8) is 0 Å². The van der Waals surface area contributed by atoms with Gasteiger partial charge in [0.2, 0.25) is 0 Å². The molecule has 0 aliphatic carbocycles. The molecule has 0 aromatic heterocycles. The molecule has 2 rings (SSSR count). The van der Waals surface area contributed by atoms with Gasteiger partial charge in [-0.2, -0.15) is 0 Å². The third kappa shape index (κ3) is 2.56. The third-order valence-corrected chi connectivity index (χ3v) is 3.20. The van der Waals surface area contributed by atoms with E-state index >= 15 is 0 Å². The Bertz CT molecular complexity index is 232. The van der Waals surface area contributed by atoms with E-state index in [9.17, 15) is 4.79 Å². The second kappa shape index (κ2) is 5.05. The van der Waals surface area contributed by atoms with Gasteiger partial charge in [0.15, 0.2) is 5.78 Å². The minimum Gasteiger partial charge on any atom is -0.374 e. The Balaban J connectivity index is 1.81. The molecular formula is C11H19NO3. The van der Waals surface area contributed by atoms with Crippen LogP contribution in [0.3, 0.4) is 0 Å². The first-order valence-electron chi connectivity index (χ1n) is 5.77. The van der Waals surface area contributed by atoms with Crippen molar-refractivity contribution in [1.29, 1.82) is 0 Å². The highest BCUT2D eigenvalue weighted by molar-refractivity contribution is 5.84. The van der Waals surface area contributed by atoms with Crippen LogP contribution >= 0.6 is 0 Å². The Morgan fingerprint density at radius 1 is 1.60 bits per heavy atom. The van der Waals surface area contributed by atoms with Crippen molar-refractivity contribution < 1.29 is 14.3 Å². The number of Topliss-reactive ketones (excluding diaryl/α,β-unsaturated/α-hetero) is 1. The summed E-state index contributed by atoms with van der Waals surface area (Å²) in [5.74, 6) is 0.0854. The molecule has 0 N–H and O–H groups in total. The fourth-order valence-corrected chi connectivity index (χ4v) is 2.31. The highest BCUT2D eigenvalue weighted by Gasteiger charge is 2.34. The fraction of sp³-hybridized carbons (Fsp3) is 0.909. The molecule has 0 aromatic carbocycles. The SMILES string of the molecule is CCOCC(=O)C1CN2CCCC2CO1. The van der Waals surface area contributed by atoms with Gasteiger partial charge in [-0.25, -0.2) is 0 Å². The van der Waals surface area contributed by atoms with Crippen LogP contribution in [0.2, 0.25) is 0 Å². The maximum absolute atomic E-state index is 11.7. The number of rotatable bonds is 4. The van der Waals surface area contributed by atoms with Crippen LogP contribution in [0.4, 0.5) is 0 Å². The zero-order valence-corrected chi connectivity index (χ0v) is 9.28. The van der Waals surface area contributed by atoms with Gasteiger partial charge in [-0.05, 0) is 26.3 Å². The number of fused-ring (bicyclic) bond motifs is 1. The Labute approximate surface area is 90.5 Å². The maximum Gasteiger partial charge on any atom is 0.188 e. The summed E-state index contributed by atoms with van der Waals surface area (Å²) in [4.78, 5) is 14.0. The first kappa shape index (κ1) is 11.0. The van der Waals surface area contributed by atoms with Gasteiger partial charge < -0.3 is 9.47 Å². The normalized spacial score (nSPS) is 31.5. The molecule has 2 heterocycles. The van der Waals surface area contributed by atoms with Crippen LogP contribution in [0.1, 0.15) is 19.8 Å². The van der Waals surface area contributed by atoms with Crippen molar-refractivity contribution >= 4 is 5.78 Å². The monoisotopic (exact) mass is 213 g/mol. The van der Waals surface area contributed by atoms with E-state index in [0.29, 0.717) is 19.3 Å². The molecule has 0 bridgehead atoms. The van der Waals surface area contributed by atoms with Crippen LogP contribution in [0.15, 0.2) is 0 Å². The van der Waals surface area contributed by atoms with Crippen molar-refractivity contribution in [2.24, 2.45) is 0 Å². The molecule has 0 amide bonds. The fourth-order valence-electron chi connectivity index (χ4n) is 2.31. The Kier molecular flexibility index (Phi) is 3.72. The lowest BCUT2D eigenvalue weighted by molar-refractivity contribution is -0.142. The first-order valence-corrected chi connectivity index (χ1v) is 5.77. The van der Waals surface area contributed by atoms with E-state index in [-0.39, 0.29) is 18.5 Å². The highest BCUT2D eigenvalue weighted by Crippen LogP contribution is 2.22. The smallest absolute Gasteiger partial charge is 0.188 e. The van der Waals surface area contributed by atoms with Gasteiger partial charge in [0, 0.05) is 19.2 Å². The maximum atomic E-state index is 11.7. The summed E-state index contributed by atoms with van der Waals surface area (Å²) in [5.41, 5.74) is 0. The van der Waals surface area contributed by atoms with Gasteiger partial charge in [0.05, 0.1) is 6.61 Å². The second-order valence-corrected chi connectivity index (χ2v) is 4.22. The van der Waals surface area contributed by atoms with E-state index in [1.165, 1.54) is 12.8 Å². The molecule has 2 saturated heterocycles. The van der Waals surface area contributed by atoms with Crippen molar-refractivity contribution in [2.45, 2.75) is 31.9 Å². The van der Waals surface area contributed by atoms with Gasteiger partial charge in [0.25, 0.3) is 0 Å². The molecule has 4 nitrogen and oxygen atoms in total. The Morgan fingerprint density at radius 3 is 3.27 bits per heavy atom. The van der Waals surface area contributed by atoms with Gasteiger partial charge in [-0.3, -0.25) is 9.69 Å². The van der Waals surface area contributed by atoms with Crippen molar-refractivity contribution in [3.05, 3.63) is 0 Å². The molecule has 2 aliphatic heterocycles. The molecule has 86 valence electrons. The molecule has 2 atom stereocenters. The summed E-state index contributed by atoms with van der Waals surface area (Å²) in [6, 6.07) is 0.557. The van der Waals surface area contributed by atoms with E-state index in [1.807, 2.05) is 6.92 Å². The average molecular weight is 213 g/mol. The molecule has 0 saturated carbocycles. The van der Waals surface area contributed by atoms with Crippen LogP contribution in [0.5, 0.6) is 0 Å². The van der Waals surface area contributed by atoms with E-state index in [4.69, 9.17) is 9.47 Å². The Morgan fingerprint density at radius 2 is 2.47 bits per heavy atom. The number of nitrogens with zero attached hydrogens (tertiary/aromatic N) is 1. The lowest BCUT2D eigenvalue weighted by Gasteiger charge is -2.34. The minimum absolute atomic E-state index is 0.0854. The molecule has 0 aromatic rings. The van der Waals surface area contributed by atoms with Crippen LogP contribution in [0.25, 0.3) is 0 Å². The van der Waals surface area contributed by atoms with Crippen molar-refractivity contribution in [2.75, 3.05) is 32.9 Å². The summed E-state index contributed by atoms with van der Waals surface area (Å²) in [7, 11) is 0. The van der Waals surface area contributed by atoms with Crippen molar-refractivity contribution in [3.8, 4) is 0 Å². The number of carbonyl (C=O) groups is 1. The Hall–Kier alpha value is -0.450. The summed E-state index contributed by atoms with van der Waals surface area (Å²) in [6.45, 7) is 5.27. The molecule has 0 spiro atoms. The molecule has 4 heteroatoms. The number of hydrogen-bond acceptors (Lipinski definition) is 4. The zero-order valence-electron chi connectivity index (χ0n) is 9.28. The first-order chi connectivity index (χ1) is 7.31. The van der Waals surface area contributed by atoms with Gasteiger partial charge in [-0.1, -0.05) is 0 Å². The largest absolute Gasteiger partial charge is 0.374 e. The van der Waals surface area contributed by atoms with Gasteiger partial charge in [0.1, 0.15) is 12.7 Å². The second-order valence-electron chi connectivity index (χ2n) is 4.22. The predicted molar refractivity (Wildman–Crippen MR) is 55.8 cm³/mol. The summed E-state index contributed by atoms with van der Waals surface area (Å²) < 4.78 is 10.7. The summed E-state index contributed by atoms with van der Waals surface area (Å²) >= 11 is 0. The van der Waals surface area contributed by atoms with Crippen LogP contribution in [0, 0.1) is 0 Å². The zero-order chi connectivity index (χ0) is 10.7. The number of ether oxygens (including phenoxy) is 2. The van der Waals surface area contributed by atoms with Crippen LogP contribution in [-0.4, -0.2) is 55.7 Å². The van der Waals surface area contributed by atoms with Gasteiger partial charge >= 0.3 is 0 Å². The molecule has 2 unspecified atom stereocenters. The number of carbonyl (C=O) groups excluding carboxylic acids is 1. The number of morpholine rings is 1. The topological polar surface area (TPSA) is 38.8 Å². The van der Waals surface area contributed by atoms with Gasteiger partial charge in [-0.15, -0.1) is 0 Å². The molecule has 15 heavy (non-hydrogen) atoms. The molecule has 2 fully saturated rings. The minimum atomic E-state index is -0.258. The predicted octanol–water partition coefficient (Wildman–Crippen LogP) is 0.455. The lowest BCUT2D eigenvalue weighted by atomic mass is 10.1. The lowest BCUT2D eigenvalue weighted by Crippen LogP contribution is -2.49. The average Bonchev–Trinajstić information content (AvgIpc) is 2.72. The van der Waals surface area contributed by atoms with E-state index in [0.717, 1.165) is 13.1 Å². The van der Waals surface area contributed by atoms with Crippen LogP contribution in [-0.2, 0) is 14.3 Å². The summed E-state index contributed by atoms with van der Waals surface area (Å²) in [6.07, 6.45) is 2.19. The molecule has 2 aliphatic rings. The standard InChI is InChI=1S/C11H19NO3/c1-2-14-8-10(13)11-6-12-5-3-4-9(12)7-15-11/h9,11H,2-8H2,1H3. The van der Waals surface area contributed by atoms with E-state index in [2.05, 4.69) is 4.90 Å². The number of hydrogen-bond donors (Lipinski definition) is 0. The highest BCUT2D eigenvalue weighted by atomic mass is 16.5. The number of ketones is 1. The molecular weight excluding hydrogens is 194 g/mol. The third-order valence-electron chi connectivity index (χ3n) is 3.20. The quantitative estimate of drug-likeness (QED) is 0.680. The van der Waals surface area contributed by atoms with Crippen LogP contribution < -0.4 is 0 Å². The summed E-state index contributed by atoms with van der Waals surface area (Å²) in [5, 5.41) is 0. The van der Waals surface area contributed by atoms with Crippen molar-refractivity contribution in [1.82, 2.24) is 4.90 Å².